The van der Waals surface area contributed by atoms with Crippen molar-refractivity contribution in [2.75, 3.05) is 13.2 Å². The lowest BCUT2D eigenvalue weighted by molar-refractivity contribution is -0.212. The molecule has 2 saturated heterocycles. The van der Waals surface area contributed by atoms with E-state index in [1.807, 2.05) is 6.92 Å². The molecule has 2 aliphatic heterocycles. The summed E-state index contributed by atoms with van der Waals surface area (Å²) < 4.78 is 26.5. The van der Waals surface area contributed by atoms with E-state index in [-0.39, 0.29) is 36.1 Å². The Bertz CT molecular complexity index is 843. The van der Waals surface area contributed by atoms with Crippen molar-refractivity contribution in [3.8, 4) is 11.8 Å². The Morgan fingerprint density at radius 3 is 2.50 bits per heavy atom. The fourth-order valence-electron chi connectivity index (χ4n) is 7.24. The van der Waals surface area contributed by atoms with Gasteiger partial charge >= 0.3 is 0 Å². The molecule has 0 spiro atoms. The van der Waals surface area contributed by atoms with Crippen LogP contribution in [0.1, 0.15) is 96.8 Å². The van der Waals surface area contributed by atoms with E-state index in [9.17, 15) is 4.79 Å². The molecule has 5 fully saturated rings. The molecule has 0 radical (unpaired) electrons. The first-order valence-electron chi connectivity index (χ1n) is 14.4. The SMILES string of the molecule is CC#CCCC1([C@H](OC2CCCCO2)C(Br)=C[C@H]2[C@H]3CC(=O)C[C@H]3C[C@H]2OC2CCCCO2)CCC1. The Balaban J connectivity index is 1.39. The van der Waals surface area contributed by atoms with Crippen molar-refractivity contribution < 1.29 is 23.7 Å². The molecule has 5 aliphatic rings. The van der Waals surface area contributed by atoms with Gasteiger partial charge in [-0.05, 0) is 83.0 Å². The molecule has 3 saturated carbocycles. The van der Waals surface area contributed by atoms with Crippen LogP contribution < -0.4 is 0 Å². The second kappa shape index (κ2) is 12.4. The third-order valence-corrected chi connectivity index (χ3v) is 10.0. The number of halogens is 1. The zero-order valence-corrected chi connectivity index (χ0v) is 23.4. The quantitative estimate of drug-likeness (QED) is 0.293. The van der Waals surface area contributed by atoms with Gasteiger partial charge in [-0.15, -0.1) is 11.8 Å². The largest absolute Gasteiger partial charge is 0.353 e. The Morgan fingerprint density at radius 2 is 1.86 bits per heavy atom. The normalized spacial score (nSPS) is 37.1. The first-order valence-corrected chi connectivity index (χ1v) is 15.2. The van der Waals surface area contributed by atoms with Gasteiger partial charge in [-0.1, -0.05) is 28.4 Å². The maximum atomic E-state index is 12.4. The monoisotopic (exact) mass is 562 g/mol. The fourth-order valence-corrected chi connectivity index (χ4v) is 8.14. The van der Waals surface area contributed by atoms with Crippen LogP contribution in [-0.4, -0.2) is 43.8 Å². The zero-order chi connectivity index (χ0) is 25.0. The van der Waals surface area contributed by atoms with Gasteiger partial charge in [0.15, 0.2) is 12.6 Å². The minimum absolute atomic E-state index is 0.0456. The summed E-state index contributed by atoms with van der Waals surface area (Å²) in [4.78, 5) is 12.4. The average Bonchev–Trinajstić information content (AvgIpc) is 3.37. The zero-order valence-electron chi connectivity index (χ0n) is 21.9. The Kier molecular flexibility index (Phi) is 9.28. The molecule has 5 nitrogen and oxygen atoms in total. The first kappa shape index (κ1) is 26.9. The van der Waals surface area contributed by atoms with Gasteiger partial charge in [-0.3, -0.25) is 4.79 Å². The van der Waals surface area contributed by atoms with Gasteiger partial charge < -0.3 is 18.9 Å². The molecular formula is C30H43BrO5. The third kappa shape index (κ3) is 6.12. The van der Waals surface area contributed by atoms with Crippen molar-refractivity contribution in [1.29, 1.82) is 0 Å². The maximum Gasteiger partial charge on any atom is 0.158 e. The lowest BCUT2D eigenvalue weighted by atomic mass is 9.62. The van der Waals surface area contributed by atoms with E-state index >= 15 is 0 Å². The molecule has 2 heterocycles. The minimum Gasteiger partial charge on any atom is -0.353 e. The highest BCUT2D eigenvalue weighted by Crippen LogP contribution is 2.54. The van der Waals surface area contributed by atoms with Gasteiger partial charge in [0.2, 0.25) is 0 Å². The summed E-state index contributed by atoms with van der Waals surface area (Å²) in [5.74, 6) is 7.74. The first-order chi connectivity index (χ1) is 17.6. The topological polar surface area (TPSA) is 54.0 Å². The van der Waals surface area contributed by atoms with Gasteiger partial charge in [0, 0.05) is 48.3 Å². The maximum absolute atomic E-state index is 12.4. The molecular weight excluding hydrogens is 520 g/mol. The van der Waals surface area contributed by atoms with Crippen LogP contribution in [0.25, 0.3) is 0 Å². The van der Waals surface area contributed by atoms with Gasteiger partial charge in [0.05, 0.1) is 12.2 Å². The third-order valence-electron chi connectivity index (χ3n) is 9.34. The summed E-state index contributed by atoms with van der Waals surface area (Å²) in [6.07, 6.45) is 16.4. The molecule has 2 unspecified atom stereocenters. The van der Waals surface area contributed by atoms with Gasteiger partial charge in [0.1, 0.15) is 5.78 Å². The average molecular weight is 564 g/mol. The van der Waals surface area contributed by atoms with Crippen molar-refractivity contribution in [3.63, 3.8) is 0 Å². The van der Waals surface area contributed by atoms with Gasteiger partial charge in [-0.25, -0.2) is 0 Å². The molecule has 3 aliphatic carbocycles. The van der Waals surface area contributed by atoms with Crippen LogP contribution in [0.3, 0.4) is 0 Å². The molecule has 0 amide bonds. The second-order valence-corrected chi connectivity index (χ2v) is 12.6. The summed E-state index contributed by atoms with van der Waals surface area (Å²) in [5.41, 5.74) is 0.0896. The highest BCUT2D eigenvalue weighted by Gasteiger charge is 2.51. The van der Waals surface area contributed by atoms with Crippen molar-refractivity contribution in [2.24, 2.45) is 23.2 Å². The van der Waals surface area contributed by atoms with Gasteiger partial charge in [-0.2, -0.15) is 0 Å². The van der Waals surface area contributed by atoms with E-state index in [0.717, 1.165) is 88.3 Å². The summed E-state index contributed by atoms with van der Waals surface area (Å²) in [6.45, 7) is 3.48. The number of hydrogen-bond acceptors (Lipinski definition) is 5. The number of rotatable bonds is 9. The molecule has 200 valence electrons. The predicted octanol–water partition coefficient (Wildman–Crippen LogP) is 6.68. The number of hydrogen-bond donors (Lipinski definition) is 0. The van der Waals surface area contributed by atoms with E-state index in [4.69, 9.17) is 18.9 Å². The number of carbonyl (C=O) groups is 1. The van der Waals surface area contributed by atoms with E-state index in [2.05, 4.69) is 33.8 Å². The standard InChI is InChI=1S/C30H43BrO5/c1-2-3-6-12-30(13-9-14-30)29(36-28-11-5-8-16-34-28)25(31)20-24-23-19-22(32)17-21(23)18-26(24)35-27-10-4-7-15-33-27/h20-21,23-24,26-29H,4-19H2,1H3/t21-,23-,24-,26+,27?,28?,29+/m0/s1. The summed E-state index contributed by atoms with van der Waals surface area (Å²) in [7, 11) is 0. The molecule has 0 bridgehead atoms. The summed E-state index contributed by atoms with van der Waals surface area (Å²) in [5, 5.41) is 0. The fraction of sp³-hybridized carbons (Fsp3) is 0.833. The highest BCUT2D eigenvalue weighted by atomic mass is 79.9. The number of ether oxygens (including phenoxy) is 4. The Hall–Kier alpha value is -0.710. The lowest BCUT2D eigenvalue weighted by Crippen LogP contribution is -2.46. The molecule has 36 heavy (non-hydrogen) atoms. The van der Waals surface area contributed by atoms with Crippen molar-refractivity contribution in [3.05, 3.63) is 10.6 Å². The van der Waals surface area contributed by atoms with Crippen molar-refractivity contribution >= 4 is 21.7 Å². The highest BCUT2D eigenvalue weighted by molar-refractivity contribution is 9.11. The van der Waals surface area contributed by atoms with E-state index in [1.54, 1.807) is 0 Å². The lowest BCUT2D eigenvalue weighted by Gasteiger charge is -2.49. The Labute approximate surface area is 225 Å². The number of fused-ring (bicyclic) bond motifs is 1. The molecule has 6 heteroatoms. The van der Waals surface area contributed by atoms with Crippen LogP contribution in [0, 0.1) is 35.0 Å². The second-order valence-electron chi connectivity index (χ2n) is 11.7. The summed E-state index contributed by atoms with van der Waals surface area (Å²) in [6, 6.07) is 0. The minimum atomic E-state index is -0.147. The Morgan fingerprint density at radius 1 is 1.11 bits per heavy atom. The van der Waals surface area contributed by atoms with Crippen LogP contribution in [0.5, 0.6) is 0 Å². The molecule has 0 aromatic carbocycles. The van der Waals surface area contributed by atoms with Crippen LogP contribution in [0.15, 0.2) is 10.6 Å². The molecule has 0 aromatic heterocycles. The number of carbonyl (C=O) groups excluding carboxylic acids is 1. The van der Waals surface area contributed by atoms with Gasteiger partial charge in [0.25, 0.3) is 0 Å². The molecule has 0 N–H and O–H groups in total. The molecule has 5 rings (SSSR count). The number of Topliss-reactive ketones (excluding diaryl/α,β-unsaturated/α-hetero) is 1. The van der Waals surface area contributed by atoms with E-state index in [1.165, 1.54) is 6.42 Å². The molecule has 7 atom stereocenters. The van der Waals surface area contributed by atoms with Crippen LogP contribution in [0.2, 0.25) is 0 Å². The molecule has 0 aromatic rings. The number of ketones is 1. The van der Waals surface area contributed by atoms with E-state index < -0.39 is 0 Å². The van der Waals surface area contributed by atoms with Crippen LogP contribution in [-0.2, 0) is 23.7 Å². The van der Waals surface area contributed by atoms with Crippen LogP contribution >= 0.6 is 15.9 Å². The predicted molar refractivity (Wildman–Crippen MR) is 142 cm³/mol. The van der Waals surface area contributed by atoms with E-state index in [0.29, 0.717) is 30.5 Å². The van der Waals surface area contributed by atoms with Crippen molar-refractivity contribution in [1.82, 2.24) is 0 Å². The van der Waals surface area contributed by atoms with Crippen molar-refractivity contribution in [2.45, 2.75) is 122 Å². The summed E-state index contributed by atoms with van der Waals surface area (Å²) >= 11 is 4.04. The van der Waals surface area contributed by atoms with Crippen LogP contribution in [0.4, 0.5) is 0 Å². The smallest absolute Gasteiger partial charge is 0.158 e.